The van der Waals surface area contributed by atoms with Crippen molar-refractivity contribution in [3.05, 3.63) is 48.2 Å². The van der Waals surface area contributed by atoms with Crippen molar-refractivity contribution in [2.24, 2.45) is 5.92 Å². The molecule has 2 N–H and O–H groups in total. The van der Waals surface area contributed by atoms with E-state index >= 15 is 0 Å². The molecule has 1 fully saturated rings. The number of anilines is 3. The van der Waals surface area contributed by atoms with Crippen LogP contribution < -0.4 is 15.5 Å². The first-order valence-electron chi connectivity index (χ1n) is 9.47. The molecule has 1 aliphatic heterocycles. The lowest BCUT2D eigenvalue weighted by Gasteiger charge is -2.29. The molecule has 2 heterocycles. The molecule has 0 unspecified atom stereocenters. The Hall–Kier alpha value is -2.89. The second kappa shape index (κ2) is 8.66. The van der Waals surface area contributed by atoms with Crippen LogP contribution in [0, 0.1) is 5.92 Å². The van der Waals surface area contributed by atoms with Gasteiger partial charge in [0.05, 0.1) is 5.56 Å². The molecule has 0 aliphatic carbocycles. The number of benzene rings is 1. The quantitative estimate of drug-likeness (QED) is 0.841. The molecule has 1 aliphatic rings. The summed E-state index contributed by atoms with van der Waals surface area (Å²) in [5, 5.41) is 5.76. The van der Waals surface area contributed by atoms with E-state index < -0.39 is 0 Å². The molecule has 6 nitrogen and oxygen atoms in total. The summed E-state index contributed by atoms with van der Waals surface area (Å²) in [6.45, 7) is 5.55. The summed E-state index contributed by atoms with van der Waals surface area (Å²) in [4.78, 5) is 31.2. The normalized spacial score (nSPS) is 14.1. The van der Waals surface area contributed by atoms with Crippen LogP contribution in [0.2, 0.25) is 0 Å². The Morgan fingerprint density at radius 1 is 0.963 bits per heavy atom. The first-order chi connectivity index (χ1) is 13.0. The zero-order valence-electron chi connectivity index (χ0n) is 15.9. The highest BCUT2D eigenvalue weighted by Gasteiger charge is 2.19. The fourth-order valence-electron chi connectivity index (χ4n) is 3.05. The Balaban J connectivity index is 1.69. The molecule has 1 aromatic heterocycles. The minimum Gasteiger partial charge on any atom is -0.356 e. The molecule has 27 heavy (non-hydrogen) atoms. The Kier molecular flexibility index (Phi) is 6.06. The van der Waals surface area contributed by atoms with Crippen LogP contribution in [0.3, 0.4) is 0 Å². The van der Waals surface area contributed by atoms with Gasteiger partial charge in [0.2, 0.25) is 5.91 Å². The predicted molar refractivity (Wildman–Crippen MR) is 108 cm³/mol. The van der Waals surface area contributed by atoms with Gasteiger partial charge in [0.15, 0.2) is 0 Å². The largest absolute Gasteiger partial charge is 0.356 e. The predicted octanol–water partition coefficient (Wildman–Crippen LogP) is 3.92. The number of hydrogen-bond acceptors (Lipinski definition) is 4. The number of aromatic nitrogens is 1. The lowest BCUT2D eigenvalue weighted by molar-refractivity contribution is -0.118. The summed E-state index contributed by atoms with van der Waals surface area (Å²) < 4.78 is 0. The van der Waals surface area contributed by atoms with E-state index in [-0.39, 0.29) is 17.7 Å². The topological polar surface area (TPSA) is 74.3 Å². The fraction of sp³-hybridized carbons (Fsp3) is 0.381. The van der Waals surface area contributed by atoms with Crippen molar-refractivity contribution in [1.29, 1.82) is 0 Å². The summed E-state index contributed by atoms with van der Waals surface area (Å²) >= 11 is 0. The van der Waals surface area contributed by atoms with E-state index in [9.17, 15) is 9.59 Å². The van der Waals surface area contributed by atoms with Gasteiger partial charge >= 0.3 is 0 Å². The van der Waals surface area contributed by atoms with Gasteiger partial charge < -0.3 is 15.5 Å². The number of nitrogens with zero attached hydrogens (tertiary/aromatic N) is 2. The molecule has 142 valence electrons. The van der Waals surface area contributed by atoms with Crippen molar-refractivity contribution in [3.63, 3.8) is 0 Å². The average molecular weight is 366 g/mol. The Bertz CT molecular complexity index is 796. The van der Waals surface area contributed by atoms with Gasteiger partial charge in [-0.05, 0) is 55.7 Å². The van der Waals surface area contributed by atoms with Crippen LogP contribution in [-0.2, 0) is 4.79 Å². The van der Waals surface area contributed by atoms with Gasteiger partial charge in [-0.1, -0.05) is 13.8 Å². The molecule has 6 heteroatoms. The smallest absolute Gasteiger partial charge is 0.259 e. The number of amides is 2. The molecule has 1 aromatic carbocycles. The summed E-state index contributed by atoms with van der Waals surface area (Å²) in [5.41, 5.74) is 1.97. The number of carbonyl (C=O) groups is 2. The summed E-state index contributed by atoms with van der Waals surface area (Å²) in [6.07, 6.45) is 5.21. The second-order valence-electron chi connectivity index (χ2n) is 7.10. The van der Waals surface area contributed by atoms with E-state index in [4.69, 9.17) is 0 Å². The van der Waals surface area contributed by atoms with E-state index in [0.29, 0.717) is 16.9 Å². The number of nitrogens with one attached hydrogen (secondary N) is 2. The minimum atomic E-state index is -0.178. The zero-order chi connectivity index (χ0) is 19.2. The molecule has 0 radical (unpaired) electrons. The van der Waals surface area contributed by atoms with E-state index in [1.54, 1.807) is 36.5 Å². The van der Waals surface area contributed by atoms with Gasteiger partial charge in [-0.2, -0.15) is 0 Å². The molecular formula is C21H26N4O2. The van der Waals surface area contributed by atoms with E-state index in [1.165, 1.54) is 6.42 Å². The van der Waals surface area contributed by atoms with Crippen molar-refractivity contribution in [3.8, 4) is 0 Å². The van der Waals surface area contributed by atoms with E-state index in [0.717, 1.165) is 31.7 Å². The number of hydrogen-bond donors (Lipinski definition) is 2. The molecule has 0 saturated carbocycles. The molecule has 3 rings (SSSR count). The van der Waals surface area contributed by atoms with Crippen molar-refractivity contribution in [2.75, 3.05) is 28.6 Å². The molecule has 1 saturated heterocycles. The monoisotopic (exact) mass is 366 g/mol. The van der Waals surface area contributed by atoms with Gasteiger partial charge in [0.25, 0.3) is 5.91 Å². The van der Waals surface area contributed by atoms with Gasteiger partial charge in [0.1, 0.15) is 5.82 Å². The van der Waals surface area contributed by atoms with E-state index in [1.807, 2.05) is 19.9 Å². The fourth-order valence-corrected chi connectivity index (χ4v) is 3.05. The van der Waals surface area contributed by atoms with Crippen LogP contribution in [0.1, 0.15) is 43.5 Å². The maximum Gasteiger partial charge on any atom is 0.259 e. The third kappa shape index (κ3) is 4.84. The summed E-state index contributed by atoms with van der Waals surface area (Å²) in [6, 6.07) is 10.7. The van der Waals surface area contributed by atoms with Gasteiger partial charge in [-0.3, -0.25) is 9.59 Å². The Labute approximate surface area is 160 Å². The van der Waals surface area contributed by atoms with Crippen LogP contribution in [0.15, 0.2) is 42.6 Å². The number of carbonyl (C=O) groups excluding carboxylic acids is 2. The van der Waals surface area contributed by atoms with Crippen LogP contribution in [0.25, 0.3) is 0 Å². The Morgan fingerprint density at radius 2 is 1.59 bits per heavy atom. The van der Waals surface area contributed by atoms with Crippen molar-refractivity contribution in [1.82, 2.24) is 4.98 Å². The van der Waals surface area contributed by atoms with Crippen LogP contribution in [-0.4, -0.2) is 29.9 Å². The van der Waals surface area contributed by atoms with Gasteiger partial charge in [0, 0.05) is 36.6 Å². The first-order valence-corrected chi connectivity index (χ1v) is 9.47. The standard InChI is InChI=1S/C21H26N4O2/c1-15(2)20(26)23-16-8-10-17(11-9-16)24-21(27)18-7-6-12-22-19(18)25-13-4-3-5-14-25/h6-12,15H,3-5,13-14H2,1-2H3,(H,23,26)(H,24,27). The highest BCUT2D eigenvalue weighted by molar-refractivity contribution is 6.07. The van der Waals surface area contributed by atoms with Gasteiger partial charge in [-0.25, -0.2) is 4.98 Å². The van der Waals surface area contributed by atoms with E-state index in [2.05, 4.69) is 20.5 Å². The second-order valence-corrected chi connectivity index (χ2v) is 7.10. The summed E-state index contributed by atoms with van der Waals surface area (Å²) in [5.74, 6) is 0.453. The highest BCUT2D eigenvalue weighted by atomic mass is 16.2. The minimum absolute atomic E-state index is 0.0340. The molecule has 2 aromatic rings. The maximum atomic E-state index is 12.8. The van der Waals surface area contributed by atoms with Crippen LogP contribution in [0.5, 0.6) is 0 Å². The molecule has 0 atom stereocenters. The SMILES string of the molecule is CC(C)C(=O)Nc1ccc(NC(=O)c2cccnc2N2CCCCC2)cc1. The highest BCUT2D eigenvalue weighted by Crippen LogP contribution is 2.23. The number of pyridine rings is 1. The van der Waals surface area contributed by atoms with Crippen molar-refractivity contribution in [2.45, 2.75) is 33.1 Å². The number of rotatable bonds is 5. The maximum absolute atomic E-state index is 12.8. The lowest BCUT2D eigenvalue weighted by atomic mass is 10.1. The van der Waals surface area contributed by atoms with Crippen LogP contribution in [0.4, 0.5) is 17.2 Å². The number of piperidine rings is 1. The molecule has 0 spiro atoms. The summed E-state index contributed by atoms with van der Waals surface area (Å²) in [7, 11) is 0. The molecular weight excluding hydrogens is 340 g/mol. The lowest BCUT2D eigenvalue weighted by Crippen LogP contribution is -2.32. The van der Waals surface area contributed by atoms with Crippen molar-refractivity contribution < 1.29 is 9.59 Å². The third-order valence-corrected chi connectivity index (χ3v) is 4.62. The van der Waals surface area contributed by atoms with Crippen LogP contribution >= 0.6 is 0 Å². The zero-order valence-corrected chi connectivity index (χ0v) is 15.9. The van der Waals surface area contributed by atoms with Crippen molar-refractivity contribution >= 4 is 29.0 Å². The average Bonchev–Trinajstić information content (AvgIpc) is 2.70. The first kappa shape index (κ1) is 18.9. The third-order valence-electron chi connectivity index (χ3n) is 4.62. The van der Waals surface area contributed by atoms with Gasteiger partial charge in [-0.15, -0.1) is 0 Å². The molecule has 2 amide bonds. The Morgan fingerprint density at radius 3 is 2.22 bits per heavy atom. The molecule has 0 bridgehead atoms.